The number of carbonyl (C=O) groups excluding carboxylic acids is 1. The summed E-state index contributed by atoms with van der Waals surface area (Å²) in [6.07, 6.45) is 1.98. The third kappa shape index (κ3) is 4.33. The highest BCUT2D eigenvalue weighted by molar-refractivity contribution is 6.30. The minimum absolute atomic E-state index is 0.0580. The van der Waals surface area contributed by atoms with E-state index in [0.717, 1.165) is 24.9 Å². The number of methoxy groups -OCH3 is 1. The third-order valence-corrected chi connectivity index (χ3v) is 4.01. The first-order chi connectivity index (χ1) is 10.1. The van der Waals surface area contributed by atoms with Crippen LogP contribution in [0.15, 0.2) is 18.2 Å². The molecule has 1 saturated heterocycles. The summed E-state index contributed by atoms with van der Waals surface area (Å²) in [5.74, 6) is 0.645. The van der Waals surface area contributed by atoms with Gasteiger partial charge in [0.15, 0.2) is 0 Å². The number of nitrogens with zero attached hydrogens (tertiary/aromatic N) is 1. The first-order valence-corrected chi connectivity index (χ1v) is 7.46. The molecular formula is C15H21ClN2O3. The molecule has 0 aliphatic carbocycles. The average molecular weight is 313 g/mol. The minimum Gasteiger partial charge on any atom is -0.496 e. The van der Waals surface area contributed by atoms with Gasteiger partial charge in [0.05, 0.1) is 20.3 Å². The lowest BCUT2D eigenvalue weighted by molar-refractivity contribution is -0.122. The van der Waals surface area contributed by atoms with E-state index >= 15 is 0 Å². The van der Waals surface area contributed by atoms with Crippen LogP contribution in [0.2, 0.25) is 5.02 Å². The van der Waals surface area contributed by atoms with E-state index in [9.17, 15) is 9.90 Å². The normalized spacial score (nSPS) is 18.7. The molecule has 2 N–H and O–H groups in total. The van der Waals surface area contributed by atoms with E-state index in [1.807, 2.05) is 4.90 Å². The highest BCUT2D eigenvalue weighted by Crippen LogP contribution is 2.22. The molecule has 1 aromatic carbocycles. The number of halogens is 1. The number of likely N-dealkylation sites (tertiary alicyclic amines) is 1. The maximum absolute atomic E-state index is 12.0. The van der Waals surface area contributed by atoms with Gasteiger partial charge in [-0.3, -0.25) is 9.69 Å². The van der Waals surface area contributed by atoms with Gasteiger partial charge in [-0.1, -0.05) is 11.6 Å². The molecule has 0 spiro atoms. The Morgan fingerprint density at radius 1 is 1.57 bits per heavy atom. The van der Waals surface area contributed by atoms with Crippen molar-refractivity contribution in [2.75, 3.05) is 26.8 Å². The number of aliphatic hydroxyl groups is 1. The largest absolute Gasteiger partial charge is 0.496 e. The number of carbonyl (C=O) groups is 1. The molecule has 1 aliphatic rings. The molecule has 1 aromatic rings. The molecule has 0 saturated carbocycles. The molecule has 6 heteroatoms. The zero-order chi connectivity index (χ0) is 15.2. The summed E-state index contributed by atoms with van der Waals surface area (Å²) in [4.78, 5) is 14.0. The van der Waals surface area contributed by atoms with Crippen LogP contribution in [0.1, 0.15) is 18.4 Å². The first-order valence-electron chi connectivity index (χ1n) is 7.08. The number of rotatable bonds is 6. The molecule has 0 radical (unpaired) electrons. The van der Waals surface area contributed by atoms with Crippen LogP contribution in [0, 0.1) is 0 Å². The molecule has 116 valence electrons. The highest BCUT2D eigenvalue weighted by atomic mass is 35.5. The fourth-order valence-electron chi connectivity index (χ4n) is 2.63. The van der Waals surface area contributed by atoms with E-state index in [-0.39, 0.29) is 18.6 Å². The van der Waals surface area contributed by atoms with Crippen molar-refractivity contribution >= 4 is 17.5 Å². The molecular weight excluding hydrogens is 292 g/mol. The monoisotopic (exact) mass is 312 g/mol. The van der Waals surface area contributed by atoms with Crippen LogP contribution in [0.3, 0.4) is 0 Å². The smallest absolute Gasteiger partial charge is 0.234 e. The molecule has 0 unspecified atom stereocenters. The summed E-state index contributed by atoms with van der Waals surface area (Å²) < 4.78 is 5.25. The highest BCUT2D eigenvalue weighted by Gasteiger charge is 2.25. The van der Waals surface area contributed by atoms with E-state index in [4.69, 9.17) is 16.3 Å². The van der Waals surface area contributed by atoms with Crippen LogP contribution in [0.5, 0.6) is 5.75 Å². The van der Waals surface area contributed by atoms with Crippen molar-refractivity contribution in [2.24, 2.45) is 0 Å². The molecule has 21 heavy (non-hydrogen) atoms. The molecule has 0 aromatic heterocycles. The summed E-state index contributed by atoms with van der Waals surface area (Å²) >= 11 is 5.96. The SMILES string of the molecule is COc1ccc(Cl)cc1CNC(=O)CN1CCC[C@@H]1CO. The predicted octanol–water partition coefficient (Wildman–Crippen LogP) is 1.42. The van der Waals surface area contributed by atoms with E-state index in [0.29, 0.717) is 23.9 Å². The third-order valence-electron chi connectivity index (χ3n) is 3.77. The lowest BCUT2D eigenvalue weighted by Crippen LogP contribution is -2.40. The first kappa shape index (κ1) is 16.1. The lowest BCUT2D eigenvalue weighted by Gasteiger charge is -2.21. The number of amides is 1. The van der Waals surface area contributed by atoms with E-state index < -0.39 is 0 Å². The molecule has 2 rings (SSSR count). The van der Waals surface area contributed by atoms with Crippen molar-refractivity contribution in [2.45, 2.75) is 25.4 Å². The summed E-state index contributed by atoms with van der Waals surface area (Å²) in [6, 6.07) is 5.43. The maximum Gasteiger partial charge on any atom is 0.234 e. The number of benzene rings is 1. The lowest BCUT2D eigenvalue weighted by atomic mass is 10.2. The molecule has 1 fully saturated rings. The number of hydrogen-bond donors (Lipinski definition) is 2. The molecule has 1 heterocycles. The van der Waals surface area contributed by atoms with Gasteiger partial charge in [-0.25, -0.2) is 0 Å². The second kappa shape index (κ2) is 7.64. The van der Waals surface area contributed by atoms with Gasteiger partial charge >= 0.3 is 0 Å². The van der Waals surface area contributed by atoms with Gasteiger partial charge in [0.25, 0.3) is 0 Å². The van der Waals surface area contributed by atoms with Crippen molar-refractivity contribution in [3.63, 3.8) is 0 Å². The standard InChI is InChI=1S/C15H21ClN2O3/c1-21-14-5-4-12(16)7-11(14)8-17-15(20)9-18-6-2-3-13(18)10-19/h4-5,7,13,19H,2-3,6,8-10H2,1H3,(H,17,20)/t13-/m1/s1. The van der Waals surface area contributed by atoms with Crippen LogP contribution < -0.4 is 10.1 Å². The maximum atomic E-state index is 12.0. The molecule has 1 aliphatic heterocycles. The van der Waals surface area contributed by atoms with E-state index in [1.54, 1.807) is 25.3 Å². The second-order valence-corrected chi connectivity index (χ2v) is 5.62. The van der Waals surface area contributed by atoms with Gasteiger partial charge in [0.1, 0.15) is 5.75 Å². The Hall–Kier alpha value is -1.30. The van der Waals surface area contributed by atoms with Crippen molar-refractivity contribution in [3.05, 3.63) is 28.8 Å². The Morgan fingerprint density at radius 2 is 2.38 bits per heavy atom. The Bertz CT molecular complexity index is 496. The zero-order valence-electron chi connectivity index (χ0n) is 12.1. The van der Waals surface area contributed by atoms with Crippen LogP contribution in [0.4, 0.5) is 0 Å². The number of nitrogens with one attached hydrogen (secondary N) is 1. The van der Waals surface area contributed by atoms with E-state index in [1.165, 1.54) is 0 Å². The Kier molecular flexibility index (Phi) is 5.85. The van der Waals surface area contributed by atoms with Gasteiger partial charge in [0.2, 0.25) is 5.91 Å². The van der Waals surface area contributed by atoms with Gasteiger partial charge in [0, 0.05) is 23.2 Å². The van der Waals surface area contributed by atoms with Gasteiger partial charge in [-0.2, -0.15) is 0 Å². The van der Waals surface area contributed by atoms with Gasteiger partial charge in [-0.15, -0.1) is 0 Å². The number of aliphatic hydroxyl groups excluding tert-OH is 1. The van der Waals surface area contributed by atoms with Crippen LogP contribution in [0.25, 0.3) is 0 Å². The fourth-order valence-corrected chi connectivity index (χ4v) is 2.82. The van der Waals surface area contributed by atoms with Gasteiger partial charge in [-0.05, 0) is 37.6 Å². The fraction of sp³-hybridized carbons (Fsp3) is 0.533. The van der Waals surface area contributed by atoms with Crippen molar-refractivity contribution in [1.82, 2.24) is 10.2 Å². The van der Waals surface area contributed by atoms with Crippen LogP contribution in [-0.2, 0) is 11.3 Å². The van der Waals surface area contributed by atoms with Crippen molar-refractivity contribution < 1.29 is 14.6 Å². The summed E-state index contributed by atoms with van der Waals surface area (Å²) in [7, 11) is 1.59. The Balaban J connectivity index is 1.88. The minimum atomic E-state index is -0.0580. The molecule has 0 bridgehead atoms. The van der Waals surface area contributed by atoms with Crippen LogP contribution >= 0.6 is 11.6 Å². The molecule has 1 amide bonds. The summed E-state index contributed by atoms with van der Waals surface area (Å²) in [6.45, 7) is 1.66. The quantitative estimate of drug-likeness (QED) is 0.834. The number of hydrogen-bond acceptors (Lipinski definition) is 4. The van der Waals surface area contributed by atoms with Crippen molar-refractivity contribution in [3.8, 4) is 5.75 Å². The Morgan fingerprint density at radius 3 is 3.10 bits per heavy atom. The predicted molar refractivity (Wildman–Crippen MR) is 81.5 cm³/mol. The molecule has 5 nitrogen and oxygen atoms in total. The van der Waals surface area contributed by atoms with Crippen LogP contribution in [-0.4, -0.2) is 48.8 Å². The van der Waals surface area contributed by atoms with Gasteiger partial charge < -0.3 is 15.2 Å². The van der Waals surface area contributed by atoms with Crippen molar-refractivity contribution in [1.29, 1.82) is 0 Å². The zero-order valence-corrected chi connectivity index (χ0v) is 12.9. The average Bonchev–Trinajstić information content (AvgIpc) is 2.92. The summed E-state index contributed by atoms with van der Waals surface area (Å²) in [5.41, 5.74) is 0.846. The van der Waals surface area contributed by atoms with E-state index in [2.05, 4.69) is 5.32 Å². The Labute approximate surface area is 129 Å². The second-order valence-electron chi connectivity index (χ2n) is 5.18. The number of ether oxygens (including phenoxy) is 1. The topological polar surface area (TPSA) is 61.8 Å². The summed E-state index contributed by atoms with van der Waals surface area (Å²) in [5, 5.41) is 12.7. The molecule has 1 atom stereocenters.